The smallest absolute Gasteiger partial charge is 0.446 e. The molecule has 0 N–H and O–H groups in total. The Labute approximate surface area is 159 Å². The molecule has 6 nitrogen and oxygen atoms in total. The highest BCUT2D eigenvalue weighted by Crippen LogP contribution is 2.39. The third-order valence-electron chi connectivity index (χ3n) is 3.77. The van der Waals surface area contributed by atoms with Crippen LogP contribution in [0.5, 0.6) is 0 Å². The number of nitrogens with zero attached hydrogens (tertiary/aromatic N) is 3. The van der Waals surface area contributed by atoms with Crippen LogP contribution in [0.3, 0.4) is 0 Å². The van der Waals surface area contributed by atoms with Crippen LogP contribution in [-0.2, 0) is 14.3 Å². The van der Waals surface area contributed by atoms with E-state index >= 15 is 0 Å². The Balaban J connectivity index is 2.70. The lowest BCUT2D eigenvalue weighted by Gasteiger charge is -2.33. The van der Waals surface area contributed by atoms with E-state index in [-0.39, 0.29) is 23.2 Å². The molecule has 0 saturated heterocycles. The molecule has 0 radical (unpaired) electrons. The normalized spacial score (nSPS) is 19.7. The molecule has 0 spiro atoms. The number of halogens is 4. The minimum Gasteiger partial charge on any atom is -0.462 e. The topological polar surface area (TPSA) is 63.5 Å². The molecule has 0 saturated carbocycles. The van der Waals surface area contributed by atoms with Gasteiger partial charge in [0, 0.05) is 23.7 Å². The lowest BCUT2D eigenvalue weighted by atomic mass is 10.1. The summed E-state index contributed by atoms with van der Waals surface area (Å²) < 4.78 is 52.1. The SMILES string of the molecule is CCOC(=O)C1(C(F)(F)F)N=C(c2cccc(Cl)c2)OC(N(CC)CC)=N1. The zero-order valence-electron chi connectivity index (χ0n) is 15.0. The molecule has 27 heavy (non-hydrogen) atoms. The third-order valence-corrected chi connectivity index (χ3v) is 4.00. The maximum absolute atomic E-state index is 14.0. The van der Waals surface area contributed by atoms with Crippen molar-refractivity contribution in [3.05, 3.63) is 34.9 Å². The van der Waals surface area contributed by atoms with E-state index in [1.165, 1.54) is 30.0 Å². The summed E-state index contributed by atoms with van der Waals surface area (Å²) in [6, 6.07) is 5.58. The molecule has 1 unspecified atom stereocenters. The zero-order chi connectivity index (χ0) is 20.2. The van der Waals surface area contributed by atoms with E-state index in [2.05, 4.69) is 14.7 Å². The van der Waals surface area contributed by atoms with Crippen molar-refractivity contribution in [1.82, 2.24) is 4.90 Å². The largest absolute Gasteiger partial charge is 0.462 e. The molecule has 0 fully saturated rings. The van der Waals surface area contributed by atoms with Gasteiger partial charge >= 0.3 is 17.8 Å². The van der Waals surface area contributed by atoms with E-state index < -0.39 is 23.7 Å². The molecule has 0 aliphatic carbocycles. The highest BCUT2D eigenvalue weighted by molar-refractivity contribution is 6.31. The standard InChI is InChI=1S/C17H19ClF3N3O3/c1-4-24(5-2)15-23-16(17(19,20)21,14(25)26-6-3)22-13(27-15)11-8-7-9-12(18)10-11/h7-10H,4-6H2,1-3H3. The van der Waals surface area contributed by atoms with E-state index in [0.29, 0.717) is 13.1 Å². The first-order valence-corrected chi connectivity index (χ1v) is 8.68. The van der Waals surface area contributed by atoms with Crippen molar-refractivity contribution in [3.8, 4) is 0 Å². The first-order chi connectivity index (χ1) is 12.7. The molecule has 148 valence electrons. The molecule has 0 aromatic heterocycles. The summed E-state index contributed by atoms with van der Waals surface area (Å²) in [5.74, 6) is -2.04. The van der Waals surface area contributed by atoms with Gasteiger partial charge in [-0.3, -0.25) is 0 Å². The number of esters is 1. The van der Waals surface area contributed by atoms with Crippen LogP contribution in [0.1, 0.15) is 26.3 Å². The van der Waals surface area contributed by atoms with Crippen LogP contribution < -0.4 is 0 Å². The summed E-state index contributed by atoms with van der Waals surface area (Å²) in [7, 11) is 0. The molecule has 1 aliphatic rings. The second-order valence-corrected chi connectivity index (χ2v) is 5.92. The van der Waals surface area contributed by atoms with Gasteiger partial charge in [-0.05, 0) is 39.0 Å². The van der Waals surface area contributed by atoms with Gasteiger partial charge in [-0.15, -0.1) is 0 Å². The monoisotopic (exact) mass is 405 g/mol. The van der Waals surface area contributed by atoms with Crippen molar-refractivity contribution in [2.45, 2.75) is 32.6 Å². The molecular weight excluding hydrogens is 387 g/mol. The van der Waals surface area contributed by atoms with E-state index in [9.17, 15) is 18.0 Å². The van der Waals surface area contributed by atoms with Gasteiger partial charge in [0.1, 0.15) is 0 Å². The summed E-state index contributed by atoms with van der Waals surface area (Å²) in [4.78, 5) is 20.8. The minimum absolute atomic E-state index is 0.181. The van der Waals surface area contributed by atoms with E-state index in [1.807, 2.05) is 0 Å². The second kappa shape index (κ2) is 8.16. The third kappa shape index (κ3) is 4.18. The van der Waals surface area contributed by atoms with E-state index in [4.69, 9.17) is 16.3 Å². The van der Waals surface area contributed by atoms with Crippen molar-refractivity contribution in [3.63, 3.8) is 0 Å². The van der Waals surface area contributed by atoms with Crippen LogP contribution in [0, 0.1) is 0 Å². The van der Waals surface area contributed by atoms with Crippen LogP contribution in [-0.4, -0.2) is 54.3 Å². The Morgan fingerprint density at radius 1 is 1.26 bits per heavy atom. The van der Waals surface area contributed by atoms with Crippen molar-refractivity contribution >= 4 is 29.5 Å². The fraction of sp³-hybridized carbons (Fsp3) is 0.471. The lowest BCUT2D eigenvalue weighted by molar-refractivity contribution is -0.204. The summed E-state index contributed by atoms with van der Waals surface area (Å²) in [5, 5.41) is 0.277. The fourth-order valence-electron chi connectivity index (χ4n) is 2.38. The number of benzene rings is 1. The fourth-order valence-corrected chi connectivity index (χ4v) is 2.57. The molecule has 1 aromatic rings. The lowest BCUT2D eigenvalue weighted by Crippen LogP contribution is -2.55. The van der Waals surface area contributed by atoms with Gasteiger partial charge in [-0.25, -0.2) is 4.79 Å². The zero-order valence-corrected chi connectivity index (χ0v) is 15.8. The first-order valence-electron chi connectivity index (χ1n) is 8.30. The predicted molar refractivity (Wildman–Crippen MR) is 94.8 cm³/mol. The van der Waals surface area contributed by atoms with Crippen LogP contribution in [0.25, 0.3) is 0 Å². The Kier molecular flexibility index (Phi) is 6.35. The van der Waals surface area contributed by atoms with Crippen molar-refractivity contribution in [2.75, 3.05) is 19.7 Å². The van der Waals surface area contributed by atoms with E-state index in [0.717, 1.165) is 0 Å². The second-order valence-electron chi connectivity index (χ2n) is 5.49. The number of aliphatic imine (C=N–C) groups is 2. The number of hydrogen-bond donors (Lipinski definition) is 0. The van der Waals surface area contributed by atoms with Gasteiger partial charge in [-0.1, -0.05) is 17.7 Å². The predicted octanol–water partition coefficient (Wildman–Crippen LogP) is 3.64. The molecule has 1 aromatic carbocycles. The van der Waals surface area contributed by atoms with Gasteiger partial charge in [0.05, 0.1) is 6.61 Å². The van der Waals surface area contributed by atoms with Gasteiger partial charge in [0.2, 0.25) is 5.90 Å². The number of carbonyl (C=O) groups is 1. The van der Waals surface area contributed by atoms with Crippen molar-refractivity contribution in [2.24, 2.45) is 9.98 Å². The maximum atomic E-state index is 14.0. The molecule has 0 bridgehead atoms. The number of rotatable bonds is 5. The van der Waals surface area contributed by atoms with Crippen LogP contribution >= 0.6 is 11.6 Å². The molecule has 10 heteroatoms. The van der Waals surface area contributed by atoms with Gasteiger partial charge in [0.15, 0.2) is 0 Å². The Hall–Kier alpha value is -2.29. The average Bonchev–Trinajstić information content (AvgIpc) is 2.61. The molecule has 1 heterocycles. The number of carbonyl (C=O) groups excluding carboxylic acids is 1. The Morgan fingerprint density at radius 3 is 2.44 bits per heavy atom. The molecule has 1 aliphatic heterocycles. The number of amidine groups is 1. The molecule has 0 amide bonds. The number of hydrogen-bond acceptors (Lipinski definition) is 6. The van der Waals surface area contributed by atoms with Crippen LogP contribution in [0.4, 0.5) is 13.2 Å². The Morgan fingerprint density at radius 2 is 1.93 bits per heavy atom. The summed E-state index contributed by atoms with van der Waals surface area (Å²) in [6.45, 7) is 5.22. The maximum Gasteiger partial charge on any atom is 0.446 e. The van der Waals surface area contributed by atoms with Crippen molar-refractivity contribution < 1.29 is 27.4 Å². The van der Waals surface area contributed by atoms with Gasteiger partial charge in [0.25, 0.3) is 6.02 Å². The van der Waals surface area contributed by atoms with Crippen LogP contribution in [0.2, 0.25) is 5.02 Å². The van der Waals surface area contributed by atoms with Gasteiger partial charge < -0.3 is 14.4 Å². The van der Waals surface area contributed by atoms with Gasteiger partial charge in [-0.2, -0.15) is 23.2 Å². The van der Waals surface area contributed by atoms with Crippen LogP contribution in [0.15, 0.2) is 34.3 Å². The molecular formula is C17H19ClF3N3O3. The number of ether oxygens (including phenoxy) is 2. The number of alkyl halides is 3. The highest BCUT2D eigenvalue weighted by Gasteiger charge is 2.65. The Bertz CT molecular complexity index is 763. The summed E-state index contributed by atoms with van der Waals surface area (Å²) in [6.07, 6.45) is -5.13. The first kappa shape index (κ1) is 21.0. The van der Waals surface area contributed by atoms with Crippen molar-refractivity contribution in [1.29, 1.82) is 0 Å². The van der Waals surface area contributed by atoms with E-state index in [1.54, 1.807) is 19.9 Å². The quantitative estimate of drug-likeness (QED) is 0.702. The summed E-state index contributed by atoms with van der Waals surface area (Å²) >= 11 is 5.93. The molecule has 1 atom stereocenters. The molecule has 2 rings (SSSR count). The summed E-state index contributed by atoms with van der Waals surface area (Å²) in [5.41, 5.74) is -3.27. The minimum atomic E-state index is -5.13. The average molecular weight is 406 g/mol. The highest BCUT2D eigenvalue weighted by atomic mass is 35.5.